The van der Waals surface area contributed by atoms with Crippen LogP contribution in [0.5, 0.6) is 0 Å². The van der Waals surface area contributed by atoms with Crippen LogP contribution in [0.3, 0.4) is 0 Å². The van der Waals surface area contributed by atoms with Gasteiger partial charge < -0.3 is 10.4 Å². The molecule has 0 aliphatic heterocycles. The highest BCUT2D eigenvalue weighted by atomic mass is 16.4. The molecular weight excluding hydrogens is 340 g/mol. The molecule has 0 aliphatic carbocycles. The van der Waals surface area contributed by atoms with Gasteiger partial charge in [-0.25, -0.2) is 4.79 Å². The maximum atomic E-state index is 12.3. The zero-order valence-electron chi connectivity index (χ0n) is 14.6. The lowest BCUT2D eigenvalue weighted by Gasteiger charge is -2.15. The lowest BCUT2D eigenvalue weighted by atomic mass is 10.0. The number of benzene rings is 3. The number of aliphatic carboxylic acids is 1. The molecule has 0 saturated carbocycles. The van der Waals surface area contributed by atoms with Crippen molar-refractivity contribution in [2.24, 2.45) is 0 Å². The number of carboxylic acid groups (broad SMARTS) is 1. The van der Waals surface area contributed by atoms with Crippen LogP contribution in [-0.4, -0.2) is 23.0 Å². The Bertz CT molecular complexity index is 1040. The lowest BCUT2D eigenvalue weighted by molar-refractivity contribution is -0.141. The molecule has 5 heteroatoms. The van der Waals surface area contributed by atoms with Crippen molar-refractivity contribution >= 4 is 22.6 Å². The average Bonchev–Trinajstić information content (AvgIpc) is 2.67. The molecule has 0 heterocycles. The summed E-state index contributed by atoms with van der Waals surface area (Å²) >= 11 is 0. The molecule has 0 aliphatic rings. The predicted octanol–water partition coefficient (Wildman–Crippen LogP) is 3.07. The van der Waals surface area contributed by atoms with Gasteiger partial charge in [0.25, 0.3) is 0 Å². The van der Waals surface area contributed by atoms with Crippen LogP contribution >= 0.6 is 0 Å². The molecule has 5 nitrogen and oxygen atoms in total. The summed E-state index contributed by atoms with van der Waals surface area (Å²) in [6, 6.07) is 21.3. The van der Waals surface area contributed by atoms with Crippen molar-refractivity contribution in [2.75, 3.05) is 0 Å². The quantitative estimate of drug-likeness (QED) is 0.708. The SMILES string of the molecule is N#Cc1cccc(C[C@H](NC(=O)Cc2ccc3ccccc3c2)C(=O)O)c1. The standard InChI is InChI=1S/C22H18N2O3/c23-14-17-5-3-4-15(10-17)12-20(22(26)27)24-21(25)13-16-8-9-18-6-1-2-7-19(18)11-16/h1-11,20H,12-13H2,(H,24,25)(H,26,27)/t20-/m0/s1. The third-order valence-corrected chi connectivity index (χ3v) is 4.31. The minimum absolute atomic E-state index is 0.104. The van der Waals surface area contributed by atoms with Crippen LogP contribution in [0.15, 0.2) is 66.7 Å². The van der Waals surface area contributed by atoms with Crippen molar-refractivity contribution in [2.45, 2.75) is 18.9 Å². The Morgan fingerprint density at radius 3 is 2.48 bits per heavy atom. The van der Waals surface area contributed by atoms with E-state index in [1.54, 1.807) is 24.3 Å². The second kappa shape index (κ2) is 8.15. The first-order valence-electron chi connectivity index (χ1n) is 8.54. The highest BCUT2D eigenvalue weighted by Crippen LogP contribution is 2.16. The van der Waals surface area contributed by atoms with Gasteiger partial charge in [0, 0.05) is 6.42 Å². The van der Waals surface area contributed by atoms with Gasteiger partial charge in [-0.15, -0.1) is 0 Å². The van der Waals surface area contributed by atoms with E-state index in [1.807, 2.05) is 48.5 Å². The molecule has 1 amide bonds. The van der Waals surface area contributed by atoms with Crippen molar-refractivity contribution in [3.05, 3.63) is 83.4 Å². The van der Waals surface area contributed by atoms with E-state index < -0.39 is 12.0 Å². The molecule has 27 heavy (non-hydrogen) atoms. The number of rotatable bonds is 6. The van der Waals surface area contributed by atoms with Gasteiger partial charge in [-0.3, -0.25) is 4.79 Å². The topological polar surface area (TPSA) is 90.2 Å². The Labute approximate surface area is 156 Å². The van der Waals surface area contributed by atoms with E-state index in [1.165, 1.54) is 0 Å². The minimum Gasteiger partial charge on any atom is -0.480 e. The zero-order chi connectivity index (χ0) is 19.2. The zero-order valence-corrected chi connectivity index (χ0v) is 14.6. The van der Waals surface area contributed by atoms with Gasteiger partial charge >= 0.3 is 5.97 Å². The number of carboxylic acids is 1. The highest BCUT2D eigenvalue weighted by molar-refractivity contribution is 5.87. The molecule has 134 valence electrons. The fourth-order valence-corrected chi connectivity index (χ4v) is 2.98. The van der Waals surface area contributed by atoms with Crippen LogP contribution in [-0.2, 0) is 22.4 Å². The summed E-state index contributed by atoms with van der Waals surface area (Å²) in [5, 5.41) is 23.1. The molecule has 0 radical (unpaired) electrons. The number of carbonyl (C=O) groups excluding carboxylic acids is 1. The Morgan fingerprint density at radius 1 is 0.963 bits per heavy atom. The van der Waals surface area contributed by atoms with Crippen LogP contribution in [0.2, 0.25) is 0 Å². The van der Waals surface area contributed by atoms with Crippen molar-refractivity contribution in [3.8, 4) is 6.07 Å². The number of carbonyl (C=O) groups is 2. The van der Waals surface area contributed by atoms with Crippen LogP contribution in [0.4, 0.5) is 0 Å². The second-order valence-corrected chi connectivity index (χ2v) is 6.33. The van der Waals surface area contributed by atoms with Crippen LogP contribution in [0, 0.1) is 11.3 Å². The monoisotopic (exact) mass is 358 g/mol. The summed E-state index contributed by atoms with van der Waals surface area (Å²) in [5.41, 5.74) is 1.97. The summed E-state index contributed by atoms with van der Waals surface area (Å²) in [6.45, 7) is 0. The van der Waals surface area contributed by atoms with Crippen molar-refractivity contribution in [3.63, 3.8) is 0 Å². The number of hydrogen-bond acceptors (Lipinski definition) is 3. The third kappa shape index (κ3) is 4.71. The summed E-state index contributed by atoms with van der Waals surface area (Å²) in [7, 11) is 0. The van der Waals surface area contributed by atoms with E-state index >= 15 is 0 Å². The Hall–Kier alpha value is -3.65. The molecular formula is C22H18N2O3. The molecule has 1 atom stereocenters. The molecule has 0 saturated heterocycles. The summed E-state index contributed by atoms with van der Waals surface area (Å²) in [5.74, 6) is -1.46. The van der Waals surface area contributed by atoms with E-state index in [0.29, 0.717) is 11.1 Å². The Morgan fingerprint density at radius 2 is 1.74 bits per heavy atom. The van der Waals surface area contributed by atoms with Crippen LogP contribution in [0.25, 0.3) is 10.8 Å². The molecule has 0 unspecified atom stereocenters. The molecule has 2 N–H and O–H groups in total. The van der Waals surface area contributed by atoms with Crippen LogP contribution in [0.1, 0.15) is 16.7 Å². The van der Waals surface area contributed by atoms with Gasteiger partial charge in [0.1, 0.15) is 6.04 Å². The summed E-state index contributed by atoms with van der Waals surface area (Å²) in [4.78, 5) is 23.9. The normalized spacial score (nSPS) is 11.5. The van der Waals surface area contributed by atoms with E-state index in [9.17, 15) is 14.7 Å². The van der Waals surface area contributed by atoms with Crippen molar-refractivity contribution in [1.82, 2.24) is 5.32 Å². The second-order valence-electron chi connectivity index (χ2n) is 6.33. The minimum atomic E-state index is -1.11. The highest BCUT2D eigenvalue weighted by Gasteiger charge is 2.20. The molecule has 3 aromatic rings. The number of nitrogens with zero attached hydrogens (tertiary/aromatic N) is 1. The number of amides is 1. The maximum absolute atomic E-state index is 12.3. The van der Waals surface area contributed by atoms with Gasteiger partial charge in [-0.1, -0.05) is 54.6 Å². The lowest BCUT2D eigenvalue weighted by Crippen LogP contribution is -2.43. The van der Waals surface area contributed by atoms with Gasteiger partial charge in [0.15, 0.2) is 0 Å². The van der Waals surface area contributed by atoms with Gasteiger partial charge in [-0.05, 0) is 34.0 Å². The predicted molar refractivity (Wildman–Crippen MR) is 102 cm³/mol. The first-order chi connectivity index (χ1) is 13.0. The van der Waals surface area contributed by atoms with Crippen molar-refractivity contribution < 1.29 is 14.7 Å². The molecule has 0 fully saturated rings. The molecule has 3 rings (SSSR count). The van der Waals surface area contributed by atoms with E-state index in [-0.39, 0.29) is 18.7 Å². The largest absolute Gasteiger partial charge is 0.480 e. The summed E-state index contributed by atoms with van der Waals surface area (Å²) in [6.07, 6.45) is 0.223. The number of nitrogens with one attached hydrogen (secondary N) is 1. The van der Waals surface area contributed by atoms with E-state index in [4.69, 9.17) is 5.26 Å². The molecule has 0 bridgehead atoms. The average molecular weight is 358 g/mol. The first-order valence-corrected chi connectivity index (χ1v) is 8.54. The van der Waals surface area contributed by atoms with E-state index in [2.05, 4.69) is 5.32 Å². The Balaban J connectivity index is 1.69. The van der Waals surface area contributed by atoms with Crippen molar-refractivity contribution in [1.29, 1.82) is 5.26 Å². The molecule has 0 spiro atoms. The van der Waals surface area contributed by atoms with Crippen LogP contribution < -0.4 is 5.32 Å². The maximum Gasteiger partial charge on any atom is 0.326 e. The Kier molecular flexibility index (Phi) is 5.48. The number of hydrogen-bond donors (Lipinski definition) is 2. The van der Waals surface area contributed by atoms with Gasteiger partial charge in [0.05, 0.1) is 18.1 Å². The van der Waals surface area contributed by atoms with E-state index in [0.717, 1.165) is 16.3 Å². The summed E-state index contributed by atoms with van der Waals surface area (Å²) < 4.78 is 0. The number of fused-ring (bicyclic) bond motifs is 1. The molecule has 3 aromatic carbocycles. The third-order valence-electron chi connectivity index (χ3n) is 4.31. The smallest absolute Gasteiger partial charge is 0.326 e. The van der Waals surface area contributed by atoms with Gasteiger partial charge in [-0.2, -0.15) is 5.26 Å². The van der Waals surface area contributed by atoms with Gasteiger partial charge in [0.2, 0.25) is 5.91 Å². The number of nitriles is 1. The molecule has 0 aromatic heterocycles. The fraction of sp³-hybridized carbons (Fsp3) is 0.136. The fourth-order valence-electron chi connectivity index (χ4n) is 2.98. The first kappa shape index (κ1) is 18.2.